The quantitative estimate of drug-likeness (QED) is 0.0414. The average Bonchev–Trinajstić information content (AvgIpc) is 2.97. The number of phosphoric acid groups is 1. The summed E-state index contributed by atoms with van der Waals surface area (Å²) in [5.74, 6) is -0.193. The highest BCUT2D eigenvalue weighted by atomic mass is 31.2. The molecule has 0 aliphatic rings. The minimum absolute atomic E-state index is 0.193. The Balaban J connectivity index is 3.96. The molecule has 0 spiro atoms. The summed E-state index contributed by atoms with van der Waals surface area (Å²) in [6.07, 6.45) is 33.6. The Bertz CT molecular complexity index is 644. The van der Waals surface area contributed by atoms with Gasteiger partial charge in [0, 0.05) is 6.42 Å². The largest absolute Gasteiger partial charge is 0.469 e. The highest BCUT2D eigenvalue weighted by Crippen LogP contribution is 2.36. The van der Waals surface area contributed by atoms with Crippen LogP contribution in [0.5, 0.6) is 0 Å². The van der Waals surface area contributed by atoms with Gasteiger partial charge in [-0.2, -0.15) is 0 Å². The summed E-state index contributed by atoms with van der Waals surface area (Å²) in [6, 6.07) is -0.816. The van der Waals surface area contributed by atoms with Crippen molar-refractivity contribution in [2.75, 3.05) is 6.61 Å². The normalized spacial score (nSPS) is 13.3. The van der Waals surface area contributed by atoms with Crippen molar-refractivity contribution in [1.82, 2.24) is 5.32 Å². The minimum atomic E-state index is -4.68. The van der Waals surface area contributed by atoms with Gasteiger partial charge in [-0.15, -0.1) is 0 Å². The van der Waals surface area contributed by atoms with Crippen LogP contribution in [0.3, 0.4) is 0 Å². The molecule has 2 atom stereocenters. The molecule has 7 nitrogen and oxygen atoms in total. The molecule has 0 unspecified atom stereocenters. The van der Waals surface area contributed by atoms with E-state index in [0.717, 1.165) is 38.5 Å². The first-order valence-corrected chi connectivity index (χ1v) is 20.0. The number of hydrogen-bond donors (Lipinski definition) is 4. The van der Waals surface area contributed by atoms with Crippen molar-refractivity contribution in [2.45, 2.75) is 212 Å². The maximum absolute atomic E-state index is 12.5. The van der Waals surface area contributed by atoms with E-state index in [2.05, 4.69) is 23.7 Å². The van der Waals surface area contributed by atoms with Crippen LogP contribution < -0.4 is 5.32 Å². The van der Waals surface area contributed by atoms with Crippen LogP contribution in [-0.4, -0.2) is 39.6 Å². The summed E-state index contributed by atoms with van der Waals surface area (Å²) in [4.78, 5) is 30.7. The molecule has 0 aromatic heterocycles. The lowest BCUT2D eigenvalue weighted by atomic mass is 10.0. The van der Waals surface area contributed by atoms with Crippen molar-refractivity contribution >= 4 is 13.7 Å². The van der Waals surface area contributed by atoms with Gasteiger partial charge >= 0.3 is 7.82 Å². The molecule has 0 bridgehead atoms. The molecular weight excluding hydrogens is 561 g/mol. The third-order valence-corrected chi connectivity index (χ3v) is 9.08. The Morgan fingerprint density at radius 3 is 1.26 bits per heavy atom. The molecule has 0 aromatic carbocycles. The number of rotatable bonds is 34. The van der Waals surface area contributed by atoms with Crippen LogP contribution in [0.15, 0.2) is 0 Å². The lowest BCUT2D eigenvalue weighted by Gasteiger charge is -2.24. The monoisotopic (exact) mass is 634 g/mol. The summed E-state index contributed by atoms with van der Waals surface area (Å²) in [7, 11) is -4.68. The molecular formula is C35H72NO6P. The number of aliphatic hydroxyl groups excluding tert-OH is 1. The number of hydrogen-bond acceptors (Lipinski definition) is 4. The summed E-state index contributed by atoms with van der Waals surface area (Å²) in [5.41, 5.74) is 0. The molecule has 0 saturated carbocycles. The van der Waals surface area contributed by atoms with Gasteiger partial charge in [-0.3, -0.25) is 9.32 Å². The van der Waals surface area contributed by atoms with Gasteiger partial charge < -0.3 is 20.2 Å². The molecule has 1 amide bonds. The minimum Gasteiger partial charge on any atom is -0.391 e. The second kappa shape index (κ2) is 31.5. The molecule has 43 heavy (non-hydrogen) atoms. The van der Waals surface area contributed by atoms with Crippen molar-refractivity contribution < 1.29 is 28.8 Å². The average molecular weight is 634 g/mol. The standard InChI is InChI=1S/C35H72NO6P/c1-3-5-7-9-11-13-15-17-18-19-20-22-24-26-28-30-34(37)33(32-42-43(39,40)41)36-35(38)31-29-27-25-23-21-16-14-12-10-8-6-4-2/h33-34,37H,3-32H2,1-2H3,(H,36,38)(H2,39,40,41)/t33-,34+/m0/s1. The van der Waals surface area contributed by atoms with E-state index < -0.39 is 26.6 Å². The van der Waals surface area contributed by atoms with Gasteiger partial charge in [-0.25, -0.2) is 4.57 Å². The summed E-state index contributed by atoms with van der Waals surface area (Å²) < 4.78 is 15.9. The lowest BCUT2D eigenvalue weighted by Crippen LogP contribution is -2.46. The molecule has 4 N–H and O–H groups in total. The second-order valence-electron chi connectivity index (χ2n) is 12.9. The predicted molar refractivity (Wildman–Crippen MR) is 181 cm³/mol. The van der Waals surface area contributed by atoms with Crippen LogP contribution in [-0.2, 0) is 13.9 Å². The van der Waals surface area contributed by atoms with Crippen LogP contribution in [0.4, 0.5) is 0 Å². The van der Waals surface area contributed by atoms with Crippen LogP contribution in [0.2, 0.25) is 0 Å². The van der Waals surface area contributed by atoms with Gasteiger partial charge in [0.2, 0.25) is 5.91 Å². The van der Waals surface area contributed by atoms with Crippen molar-refractivity contribution in [1.29, 1.82) is 0 Å². The summed E-state index contributed by atoms with van der Waals surface area (Å²) in [6.45, 7) is 4.11. The Kier molecular flexibility index (Phi) is 31.2. The third kappa shape index (κ3) is 32.7. The molecule has 8 heteroatoms. The van der Waals surface area contributed by atoms with Gasteiger partial charge in [-0.05, 0) is 12.8 Å². The number of nitrogens with one attached hydrogen (secondary N) is 1. The SMILES string of the molecule is CCCCCCCCCCCCCCCCC[C@@H](O)[C@H](COP(=O)(O)O)NC(=O)CCCCCCCCCCCCCC. The van der Waals surface area contributed by atoms with Gasteiger partial charge in [0.05, 0.1) is 18.8 Å². The predicted octanol–water partition coefficient (Wildman–Crippen LogP) is 10.3. The topological polar surface area (TPSA) is 116 Å². The fraction of sp³-hybridized carbons (Fsp3) is 0.971. The summed E-state index contributed by atoms with van der Waals surface area (Å²) >= 11 is 0. The molecule has 0 aliphatic carbocycles. The van der Waals surface area contributed by atoms with E-state index in [4.69, 9.17) is 9.79 Å². The fourth-order valence-electron chi connectivity index (χ4n) is 5.76. The highest BCUT2D eigenvalue weighted by molar-refractivity contribution is 7.46. The van der Waals surface area contributed by atoms with Crippen molar-refractivity contribution in [2.24, 2.45) is 0 Å². The first-order valence-electron chi connectivity index (χ1n) is 18.5. The molecule has 0 heterocycles. The van der Waals surface area contributed by atoms with E-state index in [-0.39, 0.29) is 5.91 Å². The van der Waals surface area contributed by atoms with Crippen LogP contribution in [0, 0.1) is 0 Å². The molecule has 0 rings (SSSR count). The van der Waals surface area contributed by atoms with E-state index in [0.29, 0.717) is 12.8 Å². The van der Waals surface area contributed by atoms with E-state index in [1.165, 1.54) is 135 Å². The smallest absolute Gasteiger partial charge is 0.391 e. The number of unbranched alkanes of at least 4 members (excludes halogenated alkanes) is 25. The van der Waals surface area contributed by atoms with Crippen LogP contribution >= 0.6 is 7.82 Å². The van der Waals surface area contributed by atoms with Crippen molar-refractivity contribution in [3.05, 3.63) is 0 Å². The first kappa shape index (κ1) is 42.5. The van der Waals surface area contributed by atoms with Gasteiger partial charge in [0.1, 0.15) is 0 Å². The number of carbonyl (C=O) groups excluding carboxylic acids is 1. The summed E-state index contributed by atoms with van der Waals surface area (Å²) in [5, 5.41) is 13.5. The Morgan fingerprint density at radius 2 is 0.907 bits per heavy atom. The molecule has 0 fully saturated rings. The Labute approximate surface area is 266 Å². The van der Waals surface area contributed by atoms with E-state index in [9.17, 15) is 14.5 Å². The van der Waals surface area contributed by atoms with Gasteiger partial charge in [-0.1, -0.05) is 181 Å². The van der Waals surface area contributed by atoms with E-state index >= 15 is 0 Å². The Morgan fingerprint density at radius 1 is 0.581 bits per heavy atom. The zero-order valence-corrected chi connectivity index (χ0v) is 29.3. The zero-order valence-electron chi connectivity index (χ0n) is 28.4. The molecule has 0 aliphatic heterocycles. The fourth-order valence-corrected chi connectivity index (χ4v) is 6.11. The molecule has 258 valence electrons. The number of phosphoric ester groups is 1. The third-order valence-electron chi connectivity index (χ3n) is 8.59. The van der Waals surface area contributed by atoms with E-state index in [1.807, 2.05) is 0 Å². The van der Waals surface area contributed by atoms with Crippen LogP contribution in [0.25, 0.3) is 0 Å². The van der Waals surface area contributed by atoms with Crippen molar-refractivity contribution in [3.63, 3.8) is 0 Å². The number of carbonyl (C=O) groups is 1. The number of aliphatic hydroxyl groups is 1. The first-order chi connectivity index (χ1) is 20.8. The molecule has 0 saturated heterocycles. The second-order valence-corrected chi connectivity index (χ2v) is 14.1. The number of amides is 1. The zero-order chi connectivity index (χ0) is 31.9. The van der Waals surface area contributed by atoms with Gasteiger partial charge in [0.15, 0.2) is 0 Å². The molecule has 0 aromatic rings. The van der Waals surface area contributed by atoms with Gasteiger partial charge in [0.25, 0.3) is 0 Å². The molecule has 0 radical (unpaired) electrons. The maximum Gasteiger partial charge on any atom is 0.469 e. The van der Waals surface area contributed by atoms with Crippen molar-refractivity contribution in [3.8, 4) is 0 Å². The van der Waals surface area contributed by atoms with Crippen LogP contribution in [0.1, 0.15) is 200 Å². The lowest BCUT2D eigenvalue weighted by molar-refractivity contribution is -0.123. The highest BCUT2D eigenvalue weighted by Gasteiger charge is 2.25. The van der Waals surface area contributed by atoms with E-state index in [1.54, 1.807) is 0 Å². The maximum atomic E-state index is 12.5. The Hall–Kier alpha value is -0.460.